The van der Waals surface area contributed by atoms with Crippen LogP contribution in [0.15, 0.2) is 36.4 Å². The first-order valence-electron chi connectivity index (χ1n) is 7.88. The number of hydrogen-bond donors (Lipinski definition) is 1. The number of nitrogens with one attached hydrogen (secondary N) is 1. The number of halogens is 2. The van der Waals surface area contributed by atoms with Crippen LogP contribution in [-0.2, 0) is 14.8 Å². The fraction of sp³-hybridized carbons (Fsp3) is 0.278. The van der Waals surface area contributed by atoms with Gasteiger partial charge in [-0.1, -0.05) is 12.1 Å². The Morgan fingerprint density at radius 1 is 1.12 bits per heavy atom. The van der Waals surface area contributed by atoms with Gasteiger partial charge in [0.2, 0.25) is 15.9 Å². The molecule has 2 aromatic rings. The summed E-state index contributed by atoms with van der Waals surface area (Å²) in [5.74, 6) is -2.22. The number of amides is 1. The topological polar surface area (TPSA) is 66.5 Å². The molecule has 0 unspecified atom stereocenters. The molecule has 1 amide bonds. The van der Waals surface area contributed by atoms with Crippen molar-refractivity contribution in [2.45, 2.75) is 20.3 Å². The van der Waals surface area contributed by atoms with Gasteiger partial charge < -0.3 is 5.32 Å². The van der Waals surface area contributed by atoms with Gasteiger partial charge in [-0.15, -0.1) is 0 Å². The predicted octanol–water partition coefficient (Wildman–Crippen LogP) is 3.38. The molecule has 0 fully saturated rings. The van der Waals surface area contributed by atoms with E-state index in [0.29, 0.717) is 11.8 Å². The third-order valence-electron chi connectivity index (χ3n) is 3.78. The van der Waals surface area contributed by atoms with Crippen molar-refractivity contribution in [3.63, 3.8) is 0 Å². The summed E-state index contributed by atoms with van der Waals surface area (Å²) in [6.45, 7) is 3.52. The zero-order valence-corrected chi connectivity index (χ0v) is 15.5. The van der Waals surface area contributed by atoms with Gasteiger partial charge in [0.1, 0.15) is 11.6 Å². The molecule has 2 aromatic carbocycles. The van der Waals surface area contributed by atoms with Crippen LogP contribution in [0.5, 0.6) is 0 Å². The SMILES string of the molecule is Cc1ccc(C)c(N(CCC(=O)Nc2ccc(F)cc2F)S(C)(=O)=O)c1. The lowest BCUT2D eigenvalue weighted by molar-refractivity contribution is -0.116. The maximum Gasteiger partial charge on any atom is 0.232 e. The number of anilines is 2. The fourth-order valence-electron chi connectivity index (χ4n) is 2.46. The molecule has 0 saturated heterocycles. The summed E-state index contributed by atoms with van der Waals surface area (Å²) in [5, 5.41) is 2.32. The first-order chi connectivity index (χ1) is 12.1. The van der Waals surface area contributed by atoms with Crippen LogP contribution in [0.3, 0.4) is 0 Å². The first-order valence-corrected chi connectivity index (χ1v) is 9.72. The molecule has 140 valence electrons. The highest BCUT2D eigenvalue weighted by Gasteiger charge is 2.20. The van der Waals surface area contributed by atoms with E-state index in [-0.39, 0.29) is 18.7 Å². The van der Waals surface area contributed by atoms with Gasteiger partial charge in [0.05, 0.1) is 17.6 Å². The normalized spacial score (nSPS) is 11.3. The van der Waals surface area contributed by atoms with Crippen LogP contribution in [-0.4, -0.2) is 27.1 Å². The third kappa shape index (κ3) is 5.01. The second-order valence-electron chi connectivity index (χ2n) is 6.05. The first kappa shape index (κ1) is 19.8. The maximum absolute atomic E-state index is 13.6. The molecule has 0 spiro atoms. The molecule has 0 aromatic heterocycles. The van der Waals surface area contributed by atoms with E-state index in [1.165, 1.54) is 0 Å². The molecule has 0 bridgehead atoms. The fourth-order valence-corrected chi connectivity index (χ4v) is 3.44. The molecular formula is C18H20F2N2O3S. The zero-order chi connectivity index (χ0) is 19.5. The van der Waals surface area contributed by atoms with Gasteiger partial charge in [0.15, 0.2) is 0 Å². The molecule has 0 aliphatic rings. The molecule has 0 saturated carbocycles. The molecule has 8 heteroatoms. The average molecular weight is 382 g/mol. The molecular weight excluding hydrogens is 362 g/mol. The molecule has 0 heterocycles. The Hall–Kier alpha value is -2.48. The Labute approximate surface area is 151 Å². The molecule has 1 N–H and O–H groups in total. The van der Waals surface area contributed by atoms with E-state index in [4.69, 9.17) is 0 Å². The van der Waals surface area contributed by atoms with Crippen LogP contribution in [0.1, 0.15) is 17.5 Å². The summed E-state index contributed by atoms with van der Waals surface area (Å²) in [6.07, 6.45) is 0.879. The number of carbonyl (C=O) groups excluding carboxylic acids is 1. The summed E-state index contributed by atoms with van der Waals surface area (Å²) < 4.78 is 52.0. The van der Waals surface area contributed by atoms with E-state index in [1.807, 2.05) is 13.0 Å². The van der Waals surface area contributed by atoms with Crippen LogP contribution in [0.2, 0.25) is 0 Å². The lowest BCUT2D eigenvalue weighted by atomic mass is 10.1. The van der Waals surface area contributed by atoms with Crippen LogP contribution >= 0.6 is 0 Å². The lowest BCUT2D eigenvalue weighted by Gasteiger charge is -2.24. The van der Waals surface area contributed by atoms with Crippen molar-refractivity contribution >= 4 is 27.3 Å². The molecule has 26 heavy (non-hydrogen) atoms. The quantitative estimate of drug-likeness (QED) is 0.833. The van der Waals surface area contributed by atoms with Gasteiger partial charge in [-0.25, -0.2) is 17.2 Å². The van der Waals surface area contributed by atoms with Gasteiger partial charge in [-0.2, -0.15) is 0 Å². The second kappa shape index (κ2) is 7.82. The van der Waals surface area contributed by atoms with E-state index in [0.717, 1.165) is 33.8 Å². The minimum Gasteiger partial charge on any atom is -0.324 e. The van der Waals surface area contributed by atoms with Crippen molar-refractivity contribution in [2.24, 2.45) is 0 Å². The minimum atomic E-state index is -3.61. The van der Waals surface area contributed by atoms with Crippen molar-refractivity contribution in [3.8, 4) is 0 Å². The van der Waals surface area contributed by atoms with Crippen LogP contribution in [0, 0.1) is 25.5 Å². The van der Waals surface area contributed by atoms with E-state index in [9.17, 15) is 22.0 Å². The summed E-state index contributed by atoms with van der Waals surface area (Å²) in [6, 6.07) is 8.20. The number of aryl methyl sites for hydroxylation is 2. The Morgan fingerprint density at radius 3 is 2.42 bits per heavy atom. The third-order valence-corrected chi connectivity index (χ3v) is 4.96. The van der Waals surface area contributed by atoms with E-state index in [1.54, 1.807) is 19.1 Å². The molecule has 0 atom stereocenters. The number of rotatable bonds is 6. The van der Waals surface area contributed by atoms with Crippen molar-refractivity contribution in [1.82, 2.24) is 0 Å². The van der Waals surface area contributed by atoms with Crippen molar-refractivity contribution < 1.29 is 22.0 Å². The number of hydrogen-bond acceptors (Lipinski definition) is 3. The number of nitrogens with zero attached hydrogens (tertiary/aromatic N) is 1. The lowest BCUT2D eigenvalue weighted by Crippen LogP contribution is -2.33. The summed E-state index contributed by atoms with van der Waals surface area (Å²) in [5.41, 5.74) is 1.98. The Kier molecular flexibility index (Phi) is 5.97. The minimum absolute atomic E-state index is 0.0994. The molecule has 0 radical (unpaired) electrons. The van der Waals surface area contributed by atoms with Crippen molar-refractivity contribution in [3.05, 3.63) is 59.2 Å². The highest BCUT2D eigenvalue weighted by atomic mass is 32.2. The van der Waals surface area contributed by atoms with Gasteiger partial charge >= 0.3 is 0 Å². The smallest absolute Gasteiger partial charge is 0.232 e. The van der Waals surface area contributed by atoms with Gasteiger partial charge in [0, 0.05) is 19.0 Å². The van der Waals surface area contributed by atoms with Crippen LogP contribution in [0.4, 0.5) is 20.2 Å². The van der Waals surface area contributed by atoms with E-state index < -0.39 is 27.6 Å². The molecule has 5 nitrogen and oxygen atoms in total. The van der Waals surface area contributed by atoms with Gasteiger partial charge in [0.25, 0.3) is 0 Å². The maximum atomic E-state index is 13.6. The molecule has 0 aliphatic carbocycles. The van der Waals surface area contributed by atoms with Gasteiger partial charge in [-0.05, 0) is 43.2 Å². The highest BCUT2D eigenvalue weighted by Crippen LogP contribution is 2.24. The Morgan fingerprint density at radius 2 is 1.81 bits per heavy atom. The predicted molar refractivity (Wildman–Crippen MR) is 97.7 cm³/mol. The Bertz CT molecular complexity index is 930. The molecule has 2 rings (SSSR count). The van der Waals surface area contributed by atoms with E-state index in [2.05, 4.69) is 5.32 Å². The zero-order valence-electron chi connectivity index (χ0n) is 14.7. The van der Waals surface area contributed by atoms with Crippen molar-refractivity contribution in [2.75, 3.05) is 22.4 Å². The van der Waals surface area contributed by atoms with E-state index >= 15 is 0 Å². The van der Waals surface area contributed by atoms with Crippen molar-refractivity contribution in [1.29, 1.82) is 0 Å². The largest absolute Gasteiger partial charge is 0.324 e. The standard InChI is InChI=1S/C18H20F2N2O3S/c1-12-4-5-13(2)17(10-12)22(26(3,24)25)9-8-18(23)21-16-7-6-14(19)11-15(16)20/h4-7,10-11H,8-9H2,1-3H3,(H,21,23). The van der Waals surface area contributed by atoms with Crippen LogP contribution in [0.25, 0.3) is 0 Å². The molecule has 0 aliphatic heterocycles. The van der Waals surface area contributed by atoms with Crippen LogP contribution < -0.4 is 9.62 Å². The second-order valence-corrected chi connectivity index (χ2v) is 7.95. The monoisotopic (exact) mass is 382 g/mol. The average Bonchev–Trinajstić information content (AvgIpc) is 2.52. The number of sulfonamides is 1. The van der Waals surface area contributed by atoms with Gasteiger partial charge in [-0.3, -0.25) is 9.10 Å². The number of carbonyl (C=O) groups is 1. The Balaban J connectivity index is 2.15. The highest BCUT2D eigenvalue weighted by molar-refractivity contribution is 7.92. The number of benzene rings is 2. The summed E-state index contributed by atoms with van der Waals surface area (Å²) in [7, 11) is -3.61. The summed E-state index contributed by atoms with van der Waals surface area (Å²) >= 11 is 0. The summed E-state index contributed by atoms with van der Waals surface area (Å²) in [4.78, 5) is 12.1.